The lowest BCUT2D eigenvalue weighted by Crippen LogP contribution is -2.43. The number of carboxylic acid groups (broad SMARTS) is 1. The largest absolute Gasteiger partial charge is 0.492 e. The van der Waals surface area contributed by atoms with Crippen LogP contribution in [0.3, 0.4) is 0 Å². The topological polar surface area (TPSA) is 65.0 Å². The van der Waals surface area contributed by atoms with Crippen molar-refractivity contribution in [1.82, 2.24) is 0 Å². The van der Waals surface area contributed by atoms with Gasteiger partial charge in [0.15, 0.2) is 11.5 Å². The molecule has 1 aliphatic carbocycles. The van der Waals surface area contributed by atoms with Crippen LogP contribution in [0.1, 0.15) is 49.8 Å². The van der Waals surface area contributed by atoms with Crippen molar-refractivity contribution >= 4 is 5.97 Å². The number of benzene rings is 1. The molecule has 0 amide bonds. The Morgan fingerprint density at radius 3 is 2.26 bits per heavy atom. The number of carbonyl (C=O) groups is 1. The molecule has 124 valence electrons. The van der Waals surface area contributed by atoms with Crippen molar-refractivity contribution in [2.45, 2.75) is 63.6 Å². The van der Waals surface area contributed by atoms with E-state index >= 15 is 0 Å². The molecule has 2 unspecified atom stereocenters. The van der Waals surface area contributed by atoms with Crippen LogP contribution in [0.5, 0.6) is 17.2 Å². The first-order valence-corrected chi connectivity index (χ1v) is 8.31. The predicted octanol–water partition coefficient (Wildman–Crippen LogP) is 2.85. The molecular weight excluding hydrogens is 296 g/mol. The highest BCUT2D eigenvalue weighted by Crippen LogP contribution is 2.58. The molecule has 5 heteroatoms. The van der Waals surface area contributed by atoms with E-state index in [1.807, 2.05) is 13.8 Å². The van der Waals surface area contributed by atoms with Crippen molar-refractivity contribution < 1.29 is 24.1 Å². The average Bonchev–Trinajstić information content (AvgIpc) is 2.98. The van der Waals surface area contributed by atoms with Crippen LogP contribution in [0.2, 0.25) is 0 Å². The van der Waals surface area contributed by atoms with E-state index in [0.717, 1.165) is 46.8 Å². The van der Waals surface area contributed by atoms with E-state index in [1.54, 1.807) is 7.11 Å². The molecule has 1 N–H and O–H groups in total. The average molecular weight is 318 g/mol. The monoisotopic (exact) mass is 318 g/mol. The minimum absolute atomic E-state index is 0.0310. The molecule has 2 aliphatic heterocycles. The lowest BCUT2D eigenvalue weighted by Gasteiger charge is -2.40. The highest BCUT2D eigenvalue weighted by molar-refractivity contribution is 5.86. The Kier molecular flexibility index (Phi) is 3.06. The number of methoxy groups -OCH3 is 1. The summed E-state index contributed by atoms with van der Waals surface area (Å²) in [4.78, 5) is 12.1. The second-order valence-corrected chi connectivity index (χ2v) is 7.03. The van der Waals surface area contributed by atoms with Crippen molar-refractivity contribution in [3.63, 3.8) is 0 Å². The van der Waals surface area contributed by atoms with Gasteiger partial charge in [0.1, 0.15) is 18.0 Å². The van der Waals surface area contributed by atoms with E-state index in [2.05, 4.69) is 0 Å². The number of fused-ring (bicyclic) bond motifs is 2. The van der Waals surface area contributed by atoms with E-state index in [9.17, 15) is 9.90 Å². The van der Waals surface area contributed by atoms with Crippen LogP contribution in [-0.4, -0.2) is 30.4 Å². The first kappa shape index (κ1) is 14.7. The molecule has 2 atom stereocenters. The third-order valence-electron chi connectivity index (χ3n) is 5.48. The van der Waals surface area contributed by atoms with Crippen LogP contribution < -0.4 is 14.2 Å². The molecule has 2 heterocycles. The lowest BCUT2D eigenvalue weighted by molar-refractivity contribution is -0.147. The molecule has 0 aromatic heterocycles. The molecule has 0 saturated heterocycles. The second kappa shape index (κ2) is 4.79. The van der Waals surface area contributed by atoms with Crippen LogP contribution in [0, 0.1) is 0 Å². The quantitative estimate of drug-likeness (QED) is 0.928. The fourth-order valence-electron chi connectivity index (χ4n) is 4.30. The van der Waals surface area contributed by atoms with Crippen molar-refractivity contribution in [2.24, 2.45) is 0 Å². The van der Waals surface area contributed by atoms with Crippen molar-refractivity contribution in [2.75, 3.05) is 7.11 Å². The van der Waals surface area contributed by atoms with Gasteiger partial charge in [-0.3, -0.25) is 4.79 Å². The number of aliphatic carboxylic acids is 1. The number of rotatable bonds is 3. The third kappa shape index (κ3) is 1.82. The molecule has 4 rings (SSSR count). The summed E-state index contributed by atoms with van der Waals surface area (Å²) in [6, 6.07) is 0. The molecular formula is C18H22O5. The Hall–Kier alpha value is -1.91. The van der Waals surface area contributed by atoms with E-state index in [0.29, 0.717) is 19.3 Å². The Morgan fingerprint density at radius 1 is 1.13 bits per heavy atom. The van der Waals surface area contributed by atoms with Gasteiger partial charge >= 0.3 is 5.97 Å². The number of ether oxygens (including phenoxy) is 3. The first-order valence-electron chi connectivity index (χ1n) is 8.31. The number of carboxylic acids is 1. The summed E-state index contributed by atoms with van der Waals surface area (Å²) in [5.74, 6) is 1.46. The minimum Gasteiger partial charge on any atom is -0.492 e. The Labute approximate surface area is 135 Å². The summed E-state index contributed by atoms with van der Waals surface area (Å²) >= 11 is 0. The van der Waals surface area contributed by atoms with Gasteiger partial charge in [-0.2, -0.15) is 0 Å². The van der Waals surface area contributed by atoms with Crippen LogP contribution in [-0.2, 0) is 23.1 Å². The highest BCUT2D eigenvalue weighted by atomic mass is 16.5. The van der Waals surface area contributed by atoms with E-state index < -0.39 is 11.4 Å². The maximum Gasteiger partial charge on any atom is 0.314 e. The molecule has 0 bridgehead atoms. The van der Waals surface area contributed by atoms with E-state index in [-0.39, 0.29) is 12.2 Å². The molecule has 0 radical (unpaired) electrons. The summed E-state index contributed by atoms with van der Waals surface area (Å²) in [6.45, 7) is 4.01. The highest BCUT2D eigenvalue weighted by Gasteiger charge is 2.52. The van der Waals surface area contributed by atoms with Crippen molar-refractivity contribution in [1.29, 1.82) is 0 Å². The minimum atomic E-state index is -0.822. The molecule has 1 fully saturated rings. The maximum absolute atomic E-state index is 12.1. The van der Waals surface area contributed by atoms with Crippen LogP contribution in [0.25, 0.3) is 0 Å². The van der Waals surface area contributed by atoms with Crippen molar-refractivity contribution in [3.05, 3.63) is 16.7 Å². The van der Waals surface area contributed by atoms with Gasteiger partial charge < -0.3 is 19.3 Å². The Bertz CT molecular complexity index is 650. The second-order valence-electron chi connectivity index (χ2n) is 7.03. The fraction of sp³-hybridized carbons (Fsp3) is 0.611. The summed E-state index contributed by atoms with van der Waals surface area (Å²) < 4.78 is 17.7. The van der Waals surface area contributed by atoms with Crippen LogP contribution in [0.4, 0.5) is 0 Å². The van der Waals surface area contributed by atoms with Gasteiger partial charge in [0.25, 0.3) is 0 Å². The fourth-order valence-corrected chi connectivity index (χ4v) is 4.30. The van der Waals surface area contributed by atoms with Gasteiger partial charge in [0.05, 0.1) is 12.5 Å². The molecule has 1 aromatic rings. The summed E-state index contributed by atoms with van der Waals surface area (Å²) in [6.07, 6.45) is 3.77. The smallest absolute Gasteiger partial charge is 0.314 e. The zero-order valence-electron chi connectivity index (χ0n) is 13.8. The number of hydrogen-bond acceptors (Lipinski definition) is 4. The first-order chi connectivity index (χ1) is 11.0. The van der Waals surface area contributed by atoms with Gasteiger partial charge in [-0.05, 0) is 26.7 Å². The molecule has 3 aliphatic rings. The van der Waals surface area contributed by atoms with Gasteiger partial charge in [0, 0.05) is 29.5 Å². The standard InChI is InChI=1S/C18H22O5/c1-9-7-11-13(18(17(19)20)5-4-6-18)14-12(8-10(2)22-14)15(21-3)16(11)23-9/h9-10H,4-8H2,1-3H3,(H,19,20). The zero-order chi connectivity index (χ0) is 16.4. The third-order valence-corrected chi connectivity index (χ3v) is 5.48. The summed E-state index contributed by atoms with van der Waals surface area (Å²) in [5.41, 5.74) is 1.98. The maximum atomic E-state index is 12.1. The predicted molar refractivity (Wildman–Crippen MR) is 83.7 cm³/mol. The SMILES string of the molecule is COc1c2c(c(C3(C(=O)O)CCC3)c3c1OC(C)C3)OC(C)C2. The van der Waals surface area contributed by atoms with Gasteiger partial charge in [0.2, 0.25) is 0 Å². The number of hydrogen-bond donors (Lipinski definition) is 1. The summed E-state index contributed by atoms with van der Waals surface area (Å²) in [5, 5.41) is 9.93. The van der Waals surface area contributed by atoms with Gasteiger partial charge in [-0.25, -0.2) is 0 Å². The lowest BCUT2D eigenvalue weighted by atomic mass is 9.62. The Morgan fingerprint density at radius 2 is 1.74 bits per heavy atom. The van der Waals surface area contributed by atoms with Gasteiger partial charge in [-0.1, -0.05) is 6.42 Å². The van der Waals surface area contributed by atoms with Gasteiger partial charge in [-0.15, -0.1) is 0 Å². The summed E-state index contributed by atoms with van der Waals surface area (Å²) in [7, 11) is 1.64. The van der Waals surface area contributed by atoms with Crippen molar-refractivity contribution in [3.8, 4) is 17.2 Å². The molecule has 5 nitrogen and oxygen atoms in total. The Balaban J connectivity index is 2.02. The molecule has 0 spiro atoms. The molecule has 1 saturated carbocycles. The van der Waals surface area contributed by atoms with Crippen LogP contribution >= 0.6 is 0 Å². The molecule has 23 heavy (non-hydrogen) atoms. The van der Waals surface area contributed by atoms with Crippen LogP contribution in [0.15, 0.2) is 0 Å². The zero-order valence-corrected chi connectivity index (χ0v) is 13.8. The van der Waals surface area contributed by atoms with E-state index in [4.69, 9.17) is 14.2 Å². The normalized spacial score (nSPS) is 26.6. The molecule has 1 aromatic carbocycles. The van der Waals surface area contributed by atoms with E-state index in [1.165, 1.54) is 0 Å².